The van der Waals surface area contributed by atoms with Gasteiger partial charge in [-0.1, -0.05) is 29.8 Å². The topological polar surface area (TPSA) is 45.9 Å². The van der Waals surface area contributed by atoms with E-state index in [2.05, 4.69) is 15.9 Å². The lowest BCUT2D eigenvalue weighted by Gasteiger charge is -2.35. The first kappa shape index (κ1) is 20.0. The van der Waals surface area contributed by atoms with Crippen LogP contribution in [-0.4, -0.2) is 42.6 Å². The summed E-state index contributed by atoms with van der Waals surface area (Å²) in [5.41, 5.74) is 2.44. The van der Waals surface area contributed by atoms with E-state index in [0.717, 1.165) is 66.6 Å². The van der Waals surface area contributed by atoms with Gasteiger partial charge in [-0.2, -0.15) is 0 Å². The van der Waals surface area contributed by atoms with E-state index in [4.69, 9.17) is 20.8 Å². The molecule has 1 aliphatic rings. The summed E-state index contributed by atoms with van der Waals surface area (Å²) in [7, 11) is 0. The van der Waals surface area contributed by atoms with Crippen LogP contribution in [0.3, 0.4) is 0 Å². The van der Waals surface area contributed by atoms with Crippen LogP contribution in [-0.2, 0) is 13.1 Å². The molecule has 0 spiro atoms. The zero-order chi connectivity index (χ0) is 20.2. The maximum atomic E-state index is 12.0. The second-order valence-corrected chi connectivity index (χ2v) is 7.73. The van der Waals surface area contributed by atoms with Crippen LogP contribution in [0.1, 0.15) is 18.1 Å². The molecule has 0 N–H and O–H groups in total. The van der Waals surface area contributed by atoms with E-state index in [-0.39, 0.29) is 5.63 Å². The molecule has 0 amide bonds. The van der Waals surface area contributed by atoms with Gasteiger partial charge in [-0.05, 0) is 42.3 Å². The van der Waals surface area contributed by atoms with Gasteiger partial charge in [-0.25, -0.2) is 4.79 Å². The molecule has 0 bridgehead atoms. The Morgan fingerprint density at radius 1 is 0.966 bits per heavy atom. The molecule has 29 heavy (non-hydrogen) atoms. The molecule has 0 radical (unpaired) electrons. The van der Waals surface area contributed by atoms with E-state index in [1.54, 1.807) is 6.07 Å². The smallest absolute Gasteiger partial charge is 0.336 e. The first-order chi connectivity index (χ1) is 14.1. The summed E-state index contributed by atoms with van der Waals surface area (Å²) in [4.78, 5) is 16.8. The molecular formula is C23H25ClN2O3. The van der Waals surface area contributed by atoms with Gasteiger partial charge in [-0.3, -0.25) is 9.80 Å². The molecular weight excluding hydrogens is 388 g/mol. The van der Waals surface area contributed by atoms with Crippen molar-refractivity contribution in [2.75, 3.05) is 32.8 Å². The van der Waals surface area contributed by atoms with E-state index in [9.17, 15) is 4.79 Å². The third kappa shape index (κ3) is 4.81. The summed E-state index contributed by atoms with van der Waals surface area (Å²) in [6, 6.07) is 15.2. The van der Waals surface area contributed by atoms with Crippen molar-refractivity contribution in [3.63, 3.8) is 0 Å². The van der Waals surface area contributed by atoms with Crippen molar-refractivity contribution in [2.24, 2.45) is 0 Å². The first-order valence-corrected chi connectivity index (χ1v) is 10.4. The van der Waals surface area contributed by atoms with Crippen molar-refractivity contribution in [3.8, 4) is 5.75 Å². The summed E-state index contributed by atoms with van der Waals surface area (Å²) in [6.45, 7) is 7.96. The van der Waals surface area contributed by atoms with E-state index >= 15 is 0 Å². The van der Waals surface area contributed by atoms with Crippen molar-refractivity contribution in [1.82, 2.24) is 9.80 Å². The Kier molecular flexibility index (Phi) is 6.19. The molecule has 0 atom stereocenters. The summed E-state index contributed by atoms with van der Waals surface area (Å²) in [5.74, 6) is 0.791. The van der Waals surface area contributed by atoms with Crippen LogP contribution in [0.4, 0.5) is 0 Å². The number of fused-ring (bicyclic) bond motifs is 1. The summed E-state index contributed by atoms with van der Waals surface area (Å²) in [6.07, 6.45) is 0. The van der Waals surface area contributed by atoms with Crippen LogP contribution in [0.15, 0.2) is 57.7 Å². The third-order valence-corrected chi connectivity index (χ3v) is 5.69. The summed E-state index contributed by atoms with van der Waals surface area (Å²) in [5, 5.41) is 1.76. The van der Waals surface area contributed by atoms with Gasteiger partial charge in [0.25, 0.3) is 0 Å². The molecule has 5 nitrogen and oxygen atoms in total. The highest BCUT2D eigenvalue weighted by molar-refractivity contribution is 6.31. The maximum Gasteiger partial charge on any atom is 0.336 e. The summed E-state index contributed by atoms with van der Waals surface area (Å²) < 4.78 is 11.0. The van der Waals surface area contributed by atoms with E-state index < -0.39 is 0 Å². The normalized spacial score (nSPS) is 15.7. The number of hydrogen-bond donors (Lipinski definition) is 0. The Bertz CT molecular complexity index is 1040. The molecule has 0 saturated carbocycles. The largest absolute Gasteiger partial charge is 0.494 e. The Morgan fingerprint density at radius 3 is 2.34 bits per heavy atom. The van der Waals surface area contributed by atoms with Gasteiger partial charge >= 0.3 is 5.63 Å². The monoisotopic (exact) mass is 412 g/mol. The zero-order valence-corrected chi connectivity index (χ0v) is 17.3. The quantitative estimate of drug-likeness (QED) is 0.569. The fourth-order valence-corrected chi connectivity index (χ4v) is 4.00. The van der Waals surface area contributed by atoms with Gasteiger partial charge in [0.15, 0.2) is 0 Å². The molecule has 0 aliphatic carbocycles. The molecule has 152 valence electrons. The highest BCUT2D eigenvalue weighted by Gasteiger charge is 2.19. The lowest BCUT2D eigenvalue weighted by Crippen LogP contribution is -2.45. The molecule has 2 heterocycles. The predicted octanol–water partition coefficient (Wildman–Crippen LogP) is 4.16. The van der Waals surface area contributed by atoms with Crippen LogP contribution >= 0.6 is 11.6 Å². The van der Waals surface area contributed by atoms with E-state index in [0.29, 0.717) is 12.2 Å². The van der Waals surface area contributed by atoms with Crippen molar-refractivity contribution < 1.29 is 9.15 Å². The van der Waals surface area contributed by atoms with Crippen LogP contribution in [0.5, 0.6) is 5.75 Å². The minimum absolute atomic E-state index is 0.311. The minimum atomic E-state index is -0.311. The number of ether oxygens (including phenoxy) is 1. The average molecular weight is 413 g/mol. The number of hydrogen-bond acceptors (Lipinski definition) is 5. The lowest BCUT2D eigenvalue weighted by atomic mass is 10.1. The molecule has 1 fully saturated rings. The van der Waals surface area contributed by atoms with Gasteiger partial charge in [-0.15, -0.1) is 0 Å². The zero-order valence-electron chi connectivity index (χ0n) is 16.6. The van der Waals surface area contributed by atoms with Gasteiger partial charge < -0.3 is 9.15 Å². The van der Waals surface area contributed by atoms with Gasteiger partial charge in [0.2, 0.25) is 0 Å². The van der Waals surface area contributed by atoms with Crippen molar-refractivity contribution in [2.45, 2.75) is 20.0 Å². The Hall–Kier alpha value is -2.34. The van der Waals surface area contributed by atoms with E-state index in [1.165, 1.54) is 0 Å². The van der Waals surface area contributed by atoms with Crippen LogP contribution < -0.4 is 10.4 Å². The average Bonchev–Trinajstić information content (AvgIpc) is 2.72. The number of rotatable bonds is 6. The number of benzene rings is 2. The fraction of sp³-hybridized carbons (Fsp3) is 0.348. The summed E-state index contributed by atoms with van der Waals surface area (Å²) >= 11 is 6.30. The van der Waals surface area contributed by atoms with Gasteiger partial charge in [0.05, 0.1) is 6.61 Å². The SMILES string of the molecule is CCOc1ccc2oc(=O)cc(CN3CCN(Cc4ccccc4Cl)CC3)c2c1. The second kappa shape index (κ2) is 8.99. The number of nitrogens with zero attached hydrogens (tertiary/aromatic N) is 2. The highest BCUT2D eigenvalue weighted by atomic mass is 35.5. The molecule has 1 aliphatic heterocycles. The fourth-order valence-electron chi connectivity index (χ4n) is 3.81. The predicted molar refractivity (Wildman–Crippen MR) is 116 cm³/mol. The molecule has 1 aromatic heterocycles. The van der Waals surface area contributed by atoms with E-state index in [1.807, 2.05) is 43.3 Å². The molecule has 1 saturated heterocycles. The first-order valence-electron chi connectivity index (χ1n) is 10.00. The number of halogens is 1. The molecule has 2 aromatic carbocycles. The molecule has 4 rings (SSSR count). The van der Waals surface area contributed by atoms with Crippen molar-refractivity contribution in [1.29, 1.82) is 0 Å². The van der Waals surface area contributed by atoms with Gasteiger partial charge in [0, 0.05) is 55.7 Å². The minimum Gasteiger partial charge on any atom is -0.494 e. The highest BCUT2D eigenvalue weighted by Crippen LogP contribution is 2.25. The van der Waals surface area contributed by atoms with Crippen molar-refractivity contribution >= 4 is 22.6 Å². The Morgan fingerprint density at radius 2 is 1.66 bits per heavy atom. The Labute approximate surface area is 175 Å². The van der Waals surface area contributed by atoms with Crippen LogP contribution in [0.2, 0.25) is 5.02 Å². The van der Waals surface area contributed by atoms with Gasteiger partial charge in [0.1, 0.15) is 11.3 Å². The lowest BCUT2D eigenvalue weighted by molar-refractivity contribution is 0.122. The maximum absolute atomic E-state index is 12.0. The molecule has 0 unspecified atom stereocenters. The Balaban J connectivity index is 1.45. The third-order valence-electron chi connectivity index (χ3n) is 5.32. The van der Waals surface area contributed by atoms with Crippen molar-refractivity contribution in [3.05, 3.63) is 75.1 Å². The standard InChI is InChI=1S/C23H25ClN2O3/c1-2-28-19-7-8-22-20(14-19)18(13-23(27)29-22)16-26-11-9-25(10-12-26)15-17-5-3-4-6-21(17)24/h3-8,13-14H,2,9-12,15-16H2,1H3. The second-order valence-electron chi connectivity index (χ2n) is 7.33. The molecule has 3 aromatic rings. The van der Waals surface area contributed by atoms with Crippen LogP contribution in [0, 0.1) is 0 Å². The molecule has 6 heteroatoms. The number of piperazine rings is 1. The van der Waals surface area contributed by atoms with Crippen LogP contribution in [0.25, 0.3) is 11.0 Å².